The molecule has 1 fully saturated rings. The molecule has 0 aliphatic carbocycles. The van der Waals surface area contributed by atoms with Crippen molar-refractivity contribution < 1.29 is 14.3 Å². The molecule has 1 aliphatic rings. The predicted octanol–water partition coefficient (Wildman–Crippen LogP) is 1.86. The summed E-state index contributed by atoms with van der Waals surface area (Å²) in [6.07, 6.45) is -0.537. The fraction of sp³-hybridized carbons (Fsp3) is 0.562. The van der Waals surface area contributed by atoms with E-state index in [0.717, 1.165) is 38.4 Å². The van der Waals surface area contributed by atoms with E-state index in [1.165, 1.54) is 0 Å². The van der Waals surface area contributed by atoms with Crippen LogP contribution in [0.25, 0.3) is 0 Å². The minimum absolute atomic E-state index is 0.110. The molecule has 1 aromatic rings. The summed E-state index contributed by atoms with van der Waals surface area (Å²) in [5.41, 5.74) is 0.930. The Morgan fingerprint density at radius 2 is 2.18 bits per heavy atom. The van der Waals surface area contributed by atoms with Crippen molar-refractivity contribution in [3.8, 4) is 5.75 Å². The van der Waals surface area contributed by atoms with Gasteiger partial charge in [-0.05, 0) is 37.6 Å². The van der Waals surface area contributed by atoms with Gasteiger partial charge in [0.1, 0.15) is 5.75 Å². The van der Waals surface area contributed by atoms with Gasteiger partial charge in [-0.1, -0.05) is 11.6 Å². The first-order chi connectivity index (χ1) is 10.6. The lowest BCUT2D eigenvalue weighted by atomic mass is 10.2. The number of nitrogens with one attached hydrogen (secondary N) is 1. The molecular formula is C16H23ClN2O3. The third-order valence-electron chi connectivity index (χ3n) is 3.64. The highest BCUT2D eigenvalue weighted by atomic mass is 35.5. The lowest BCUT2D eigenvalue weighted by molar-refractivity contribution is -0.127. The lowest BCUT2D eigenvalue weighted by Crippen LogP contribution is -2.43. The maximum Gasteiger partial charge on any atom is 0.260 e. The van der Waals surface area contributed by atoms with Crippen molar-refractivity contribution in [1.82, 2.24) is 10.2 Å². The summed E-state index contributed by atoms with van der Waals surface area (Å²) in [5.74, 6) is 0.540. The van der Waals surface area contributed by atoms with E-state index < -0.39 is 6.10 Å². The molecule has 22 heavy (non-hydrogen) atoms. The summed E-state index contributed by atoms with van der Waals surface area (Å²) in [6.45, 7) is 8.48. The number of aryl methyl sites for hydroxylation is 1. The number of hydrogen-bond donors (Lipinski definition) is 1. The van der Waals surface area contributed by atoms with Gasteiger partial charge in [-0.25, -0.2) is 0 Å². The molecule has 0 bridgehead atoms. The average Bonchev–Trinajstić information content (AvgIpc) is 2.52. The van der Waals surface area contributed by atoms with Crippen molar-refractivity contribution >= 4 is 17.5 Å². The fourth-order valence-corrected chi connectivity index (χ4v) is 2.37. The molecule has 0 spiro atoms. The maximum atomic E-state index is 12.0. The smallest absolute Gasteiger partial charge is 0.260 e. The van der Waals surface area contributed by atoms with Gasteiger partial charge >= 0.3 is 0 Å². The molecule has 6 heteroatoms. The number of hydrogen-bond acceptors (Lipinski definition) is 4. The zero-order valence-electron chi connectivity index (χ0n) is 13.1. The predicted molar refractivity (Wildman–Crippen MR) is 86.5 cm³/mol. The molecule has 0 aromatic heterocycles. The van der Waals surface area contributed by atoms with E-state index in [1.807, 2.05) is 13.0 Å². The second kappa shape index (κ2) is 8.36. The van der Waals surface area contributed by atoms with Crippen molar-refractivity contribution in [3.05, 3.63) is 28.8 Å². The van der Waals surface area contributed by atoms with Gasteiger partial charge in [0.15, 0.2) is 6.10 Å². The Bertz CT molecular complexity index is 504. The Kier molecular flexibility index (Phi) is 6.49. The number of ether oxygens (including phenoxy) is 2. The van der Waals surface area contributed by atoms with Crippen LogP contribution in [0.3, 0.4) is 0 Å². The Hall–Kier alpha value is -1.30. The molecule has 0 saturated carbocycles. The largest absolute Gasteiger partial charge is 0.481 e. The van der Waals surface area contributed by atoms with Crippen LogP contribution in [-0.2, 0) is 9.53 Å². The third kappa shape index (κ3) is 5.16. The van der Waals surface area contributed by atoms with Crippen LogP contribution >= 0.6 is 11.6 Å². The van der Waals surface area contributed by atoms with Crippen LogP contribution in [-0.4, -0.2) is 56.3 Å². The second-order valence-electron chi connectivity index (χ2n) is 5.42. The highest BCUT2D eigenvalue weighted by Gasteiger charge is 2.15. The molecule has 1 atom stereocenters. The second-order valence-corrected chi connectivity index (χ2v) is 5.82. The number of halogens is 1. The summed E-state index contributed by atoms with van der Waals surface area (Å²) in [4.78, 5) is 14.3. The first-order valence-electron chi connectivity index (χ1n) is 7.57. The van der Waals surface area contributed by atoms with Gasteiger partial charge in [-0.3, -0.25) is 9.69 Å². The van der Waals surface area contributed by atoms with Crippen LogP contribution in [0.1, 0.15) is 12.5 Å². The Balaban J connectivity index is 1.73. The number of rotatable bonds is 6. The van der Waals surface area contributed by atoms with E-state index in [0.29, 0.717) is 17.3 Å². The number of benzene rings is 1. The Morgan fingerprint density at radius 3 is 2.86 bits per heavy atom. The summed E-state index contributed by atoms with van der Waals surface area (Å²) in [6, 6.07) is 5.38. The minimum Gasteiger partial charge on any atom is -0.481 e. The minimum atomic E-state index is -0.537. The van der Waals surface area contributed by atoms with Crippen molar-refractivity contribution in [2.45, 2.75) is 20.0 Å². The topological polar surface area (TPSA) is 50.8 Å². The quantitative estimate of drug-likeness (QED) is 0.867. The van der Waals surface area contributed by atoms with Crippen LogP contribution in [0.5, 0.6) is 5.75 Å². The van der Waals surface area contributed by atoms with E-state index in [9.17, 15) is 4.79 Å². The molecule has 1 saturated heterocycles. The highest BCUT2D eigenvalue weighted by molar-refractivity contribution is 6.31. The molecular weight excluding hydrogens is 304 g/mol. The zero-order valence-corrected chi connectivity index (χ0v) is 13.9. The van der Waals surface area contributed by atoms with Crippen LogP contribution in [0, 0.1) is 6.92 Å². The summed E-state index contributed by atoms with van der Waals surface area (Å²) >= 11 is 5.97. The molecule has 122 valence electrons. The van der Waals surface area contributed by atoms with Gasteiger partial charge in [0.05, 0.1) is 13.2 Å². The number of carbonyl (C=O) groups excluding carboxylic acids is 1. The van der Waals surface area contributed by atoms with Gasteiger partial charge in [0.25, 0.3) is 5.91 Å². The van der Waals surface area contributed by atoms with Crippen LogP contribution < -0.4 is 10.1 Å². The maximum absolute atomic E-state index is 12.0. The van der Waals surface area contributed by atoms with E-state index in [2.05, 4.69) is 10.2 Å². The molecule has 1 aliphatic heterocycles. The van der Waals surface area contributed by atoms with Gasteiger partial charge < -0.3 is 14.8 Å². The fourth-order valence-electron chi connectivity index (χ4n) is 2.25. The van der Waals surface area contributed by atoms with Gasteiger partial charge in [0.2, 0.25) is 0 Å². The molecule has 1 aromatic carbocycles. The number of carbonyl (C=O) groups is 1. The van der Waals surface area contributed by atoms with E-state index in [4.69, 9.17) is 21.1 Å². The third-order valence-corrected chi connectivity index (χ3v) is 4.07. The van der Waals surface area contributed by atoms with Gasteiger partial charge in [-0.2, -0.15) is 0 Å². The molecule has 0 unspecified atom stereocenters. The standard InChI is InChI=1S/C16H23ClN2O3/c1-12-11-14(3-4-15(12)17)22-13(2)16(20)18-5-6-19-7-9-21-10-8-19/h3-4,11,13H,5-10H2,1-2H3,(H,18,20)/t13-/m1/s1. The number of amides is 1. The molecule has 1 amide bonds. The molecule has 1 heterocycles. The van der Waals surface area contributed by atoms with Crippen LogP contribution in [0.15, 0.2) is 18.2 Å². The number of morpholine rings is 1. The van der Waals surface area contributed by atoms with Gasteiger partial charge in [0, 0.05) is 31.2 Å². The normalized spacial score (nSPS) is 17.0. The first kappa shape index (κ1) is 17.1. The Morgan fingerprint density at radius 1 is 1.45 bits per heavy atom. The van der Waals surface area contributed by atoms with Gasteiger partial charge in [-0.15, -0.1) is 0 Å². The first-order valence-corrected chi connectivity index (χ1v) is 7.94. The van der Waals surface area contributed by atoms with Crippen molar-refractivity contribution in [3.63, 3.8) is 0 Å². The molecule has 1 N–H and O–H groups in total. The Labute approximate surface area is 136 Å². The zero-order chi connectivity index (χ0) is 15.9. The average molecular weight is 327 g/mol. The van der Waals surface area contributed by atoms with E-state index in [1.54, 1.807) is 19.1 Å². The van der Waals surface area contributed by atoms with Crippen molar-refractivity contribution in [2.75, 3.05) is 39.4 Å². The highest BCUT2D eigenvalue weighted by Crippen LogP contribution is 2.21. The van der Waals surface area contributed by atoms with E-state index >= 15 is 0 Å². The summed E-state index contributed by atoms with van der Waals surface area (Å²) in [7, 11) is 0. The van der Waals surface area contributed by atoms with Crippen LogP contribution in [0.4, 0.5) is 0 Å². The lowest BCUT2D eigenvalue weighted by Gasteiger charge is -2.26. The molecule has 0 radical (unpaired) electrons. The molecule has 5 nitrogen and oxygen atoms in total. The monoisotopic (exact) mass is 326 g/mol. The summed E-state index contributed by atoms with van der Waals surface area (Å²) in [5, 5.41) is 3.59. The number of nitrogens with zero attached hydrogens (tertiary/aromatic N) is 1. The van der Waals surface area contributed by atoms with Crippen molar-refractivity contribution in [1.29, 1.82) is 0 Å². The van der Waals surface area contributed by atoms with E-state index in [-0.39, 0.29) is 5.91 Å². The SMILES string of the molecule is Cc1cc(O[C@H](C)C(=O)NCCN2CCOCC2)ccc1Cl. The van der Waals surface area contributed by atoms with Crippen molar-refractivity contribution in [2.24, 2.45) is 0 Å². The van der Waals surface area contributed by atoms with Crippen LogP contribution in [0.2, 0.25) is 5.02 Å². The molecule has 2 rings (SSSR count). The summed E-state index contributed by atoms with van der Waals surface area (Å²) < 4.78 is 10.9.